The summed E-state index contributed by atoms with van der Waals surface area (Å²) < 4.78 is 5.15. The van der Waals surface area contributed by atoms with Crippen LogP contribution >= 0.6 is 0 Å². The second-order valence-corrected chi connectivity index (χ2v) is 3.38. The Balaban J connectivity index is 2.30. The molecule has 4 heteroatoms. The molecule has 0 radical (unpaired) electrons. The topological polar surface area (TPSA) is 61.0 Å². The minimum absolute atomic E-state index is 0.274. The first-order valence-electron chi connectivity index (χ1n) is 4.96. The first-order chi connectivity index (χ1) is 7.81. The highest BCUT2D eigenvalue weighted by Gasteiger charge is 2.10. The number of methoxy groups -OCH3 is 1. The van der Waals surface area contributed by atoms with E-state index < -0.39 is 0 Å². The van der Waals surface area contributed by atoms with Crippen molar-refractivity contribution in [2.45, 2.75) is 6.04 Å². The second-order valence-electron chi connectivity index (χ2n) is 3.38. The Kier molecular flexibility index (Phi) is 3.12. The Labute approximate surface area is 94.1 Å². The molecule has 4 nitrogen and oxygen atoms in total. The van der Waals surface area contributed by atoms with Gasteiger partial charge in [-0.05, 0) is 17.7 Å². The molecule has 0 aliphatic carbocycles. The molecule has 0 spiro atoms. The van der Waals surface area contributed by atoms with Gasteiger partial charge in [0.25, 0.3) is 0 Å². The molecular formula is C12H13N3O. The minimum Gasteiger partial charge on any atom is -0.497 e. The van der Waals surface area contributed by atoms with Crippen LogP contribution in [-0.4, -0.2) is 17.1 Å². The fourth-order valence-electron chi connectivity index (χ4n) is 1.48. The van der Waals surface area contributed by atoms with Gasteiger partial charge in [-0.15, -0.1) is 0 Å². The fraction of sp³-hybridized carbons (Fsp3) is 0.167. The lowest BCUT2D eigenvalue weighted by Crippen LogP contribution is -2.13. The lowest BCUT2D eigenvalue weighted by atomic mass is 10.0. The van der Waals surface area contributed by atoms with Gasteiger partial charge in [0.1, 0.15) is 5.75 Å². The van der Waals surface area contributed by atoms with E-state index in [0.717, 1.165) is 17.0 Å². The molecule has 1 aromatic carbocycles. The zero-order valence-electron chi connectivity index (χ0n) is 9.00. The molecule has 2 rings (SSSR count). The quantitative estimate of drug-likeness (QED) is 0.843. The van der Waals surface area contributed by atoms with E-state index in [2.05, 4.69) is 9.97 Å². The molecule has 1 atom stereocenters. The van der Waals surface area contributed by atoms with Gasteiger partial charge >= 0.3 is 0 Å². The Morgan fingerprint density at radius 3 is 2.88 bits per heavy atom. The summed E-state index contributed by atoms with van der Waals surface area (Å²) in [7, 11) is 1.63. The summed E-state index contributed by atoms with van der Waals surface area (Å²) in [6.07, 6.45) is 4.93. The van der Waals surface area contributed by atoms with Crippen LogP contribution in [-0.2, 0) is 0 Å². The number of rotatable bonds is 3. The van der Waals surface area contributed by atoms with Crippen LogP contribution < -0.4 is 10.5 Å². The van der Waals surface area contributed by atoms with Crippen molar-refractivity contribution in [3.05, 3.63) is 54.1 Å². The van der Waals surface area contributed by atoms with E-state index in [4.69, 9.17) is 10.5 Å². The van der Waals surface area contributed by atoms with Crippen LogP contribution in [0, 0.1) is 0 Å². The summed E-state index contributed by atoms with van der Waals surface area (Å²) in [6.45, 7) is 0. The van der Waals surface area contributed by atoms with E-state index >= 15 is 0 Å². The summed E-state index contributed by atoms with van der Waals surface area (Å²) in [4.78, 5) is 8.18. The van der Waals surface area contributed by atoms with Crippen molar-refractivity contribution in [3.8, 4) is 5.75 Å². The highest BCUT2D eigenvalue weighted by atomic mass is 16.5. The van der Waals surface area contributed by atoms with Gasteiger partial charge in [0, 0.05) is 12.4 Å². The monoisotopic (exact) mass is 215 g/mol. The summed E-state index contributed by atoms with van der Waals surface area (Å²) in [5, 5.41) is 0. The normalized spacial score (nSPS) is 12.1. The van der Waals surface area contributed by atoms with Crippen molar-refractivity contribution in [2.75, 3.05) is 7.11 Å². The van der Waals surface area contributed by atoms with Crippen LogP contribution in [0.15, 0.2) is 42.9 Å². The summed E-state index contributed by atoms with van der Waals surface area (Å²) >= 11 is 0. The zero-order chi connectivity index (χ0) is 11.4. The molecule has 1 aromatic heterocycles. The number of nitrogens with zero attached hydrogens (tertiary/aromatic N) is 2. The molecule has 16 heavy (non-hydrogen) atoms. The van der Waals surface area contributed by atoms with Gasteiger partial charge in [0.05, 0.1) is 25.0 Å². The maximum absolute atomic E-state index is 6.08. The number of hydrogen-bond acceptors (Lipinski definition) is 4. The predicted molar refractivity (Wildman–Crippen MR) is 61.1 cm³/mol. The highest BCUT2D eigenvalue weighted by Crippen LogP contribution is 2.21. The first kappa shape index (κ1) is 10.6. The Morgan fingerprint density at radius 1 is 1.31 bits per heavy atom. The van der Waals surface area contributed by atoms with E-state index in [1.54, 1.807) is 25.7 Å². The lowest BCUT2D eigenvalue weighted by Gasteiger charge is -2.11. The molecule has 1 heterocycles. The molecule has 0 aliphatic rings. The number of benzene rings is 1. The number of nitrogens with two attached hydrogens (primary N) is 1. The van der Waals surface area contributed by atoms with Crippen LogP contribution in [0.3, 0.4) is 0 Å². The largest absolute Gasteiger partial charge is 0.497 e. The van der Waals surface area contributed by atoms with E-state index in [9.17, 15) is 0 Å². The fourth-order valence-corrected chi connectivity index (χ4v) is 1.48. The van der Waals surface area contributed by atoms with Crippen LogP contribution in [0.1, 0.15) is 17.3 Å². The lowest BCUT2D eigenvalue weighted by molar-refractivity contribution is 0.414. The van der Waals surface area contributed by atoms with E-state index in [-0.39, 0.29) is 6.04 Å². The third kappa shape index (κ3) is 2.17. The Morgan fingerprint density at radius 2 is 2.19 bits per heavy atom. The smallest absolute Gasteiger partial charge is 0.119 e. The van der Waals surface area contributed by atoms with E-state index in [0.29, 0.717) is 0 Å². The number of hydrogen-bond donors (Lipinski definition) is 1. The third-order valence-electron chi connectivity index (χ3n) is 2.35. The average Bonchev–Trinajstić information content (AvgIpc) is 2.39. The minimum atomic E-state index is -0.274. The molecule has 1 unspecified atom stereocenters. The van der Waals surface area contributed by atoms with Crippen molar-refractivity contribution in [1.82, 2.24) is 9.97 Å². The number of ether oxygens (including phenoxy) is 1. The molecule has 0 fully saturated rings. The summed E-state index contributed by atoms with van der Waals surface area (Å²) in [5.41, 5.74) is 7.79. The van der Waals surface area contributed by atoms with Gasteiger partial charge in [0.15, 0.2) is 0 Å². The average molecular weight is 215 g/mol. The van der Waals surface area contributed by atoms with Crippen LogP contribution in [0.5, 0.6) is 5.75 Å². The van der Waals surface area contributed by atoms with E-state index in [1.807, 2.05) is 24.3 Å². The summed E-state index contributed by atoms with van der Waals surface area (Å²) in [5.74, 6) is 0.789. The summed E-state index contributed by atoms with van der Waals surface area (Å²) in [6, 6.07) is 7.36. The molecule has 0 saturated heterocycles. The molecule has 0 aliphatic heterocycles. The first-order valence-corrected chi connectivity index (χ1v) is 4.96. The predicted octanol–water partition coefficient (Wildman–Crippen LogP) is 1.53. The standard InChI is InChI=1S/C12H13N3O/c1-16-10-4-2-3-9(7-10)12(13)11-8-14-5-6-15-11/h2-8,12H,13H2,1H3. The van der Waals surface area contributed by atoms with Crippen molar-refractivity contribution < 1.29 is 4.74 Å². The highest BCUT2D eigenvalue weighted by molar-refractivity contribution is 5.33. The maximum atomic E-state index is 6.08. The second kappa shape index (κ2) is 4.72. The van der Waals surface area contributed by atoms with Crippen molar-refractivity contribution in [1.29, 1.82) is 0 Å². The SMILES string of the molecule is COc1cccc(C(N)c2cnccn2)c1. The van der Waals surface area contributed by atoms with Crippen molar-refractivity contribution in [2.24, 2.45) is 5.73 Å². The third-order valence-corrected chi connectivity index (χ3v) is 2.35. The van der Waals surface area contributed by atoms with Gasteiger partial charge in [-0.3, -0.25) is 9.97 Å². The van der Waals surface area contributed by atoms with Gasteiger partial charge < -0.3 is 10.5 Å². The van der Waals surface area contributed by atoms with Crippen molar-refractivity contribution in [3.63, 3.8) is 0 Å². The molecular weight excluding hydrogens is 202 g/mol. The Hall–Kier alpha value is -1.94. The van der Waals surface area contributed by atoms with Gasteiger partial charge in [0.2, 0.25) is 0 Å². The van der Waals surface area contributed by atoms with Crippen LogP contribution in [0.2, 0.25) is 0 Å². The van der Waals surface area contributed by atoms with Crippen LogP contribution in [0.4, 0.5) is 0 Å². The number of aromatic nitrogens is 2. The zero-order valence-corrected chi connectivity index (χ0v) is 9.00. The van der Waals surface area contributed by atoms with E-state index in [1.165, 1.54) is 0 Å². The maximum Gasteiger partial charge on any atom is 0.119 e. The molecule has 0 amide bonds. The molecule has 0 bridgehead atoms. The Bertz CT molecular complexity index is 459. The molecule has 2 N–H and O–H groups in total. The molecule has 82 valence electrons. The van der Waals surface area contributed by atoms with Crippen molar-refractivity contribution >= 4 is 0 Å². The van der Waals surface area contributed by atoms with Gasteiger partial charge in [-0.1, -0.05) is 12.1 Å². The molecule has 2 aromatic rings. The van der Waals surface area contributed by atoms with Crippen LogP contribution in [0.25, 0.3) is 0 Å². The van der Waals surface area contributed by atoms with Gasteiger partial charge in [-0.2, -0.15) is 0 Å². The van der Waals surface area contributed by atoms with Gasteiger partial charge in [-0.25, -0.2) is 0 Å². The molecule has 0 saturated carbocycles.